The summed E-state index contributed by atoms with van der Waals surface area (Å²) in [5.41, 5.74) is 2.91. The van der Waals surface area contributed by atoms with Crippen molar-refractivity contribution in [3.63, 3.8) is 0 Å². The summed E-state index contributed by atoms with van der Waals surface area (Å²) in [6, 6.07) is 7.25. The van der Waals surface area contributed by atoms with Gasteiger partial charge in [0.1, 0.15) is 11.4 Å². The van der Waals surface area contributed by atoms with Crippen molar-refractivity contribution in [2.75, 3.05) is 49.6 Å². The zero-order valence-electron chi connectivity index (χ0n) is 20.9. The van der Waals surface area contributed by atoms with Gasteiger partial charge in [0.25, 0.3) is 0 Å². The van der Waals surface area contributed by atoms with Gasteiger partial charge in [0.05, 0.1) is 25.5 Å². The molecule has 3 amide bonds. The standard InChI is InChI=1S/C25H34N6O4/c1-5-26-23(32)27-18-8-6-17(7-9-18)21-28-20-10-11-31(24(33)35-25(2,3)4)16-19(20)22(29-21)30-12-14-34-15-13-30/h6-9H,5,10-16H2,1-4H3,(H2,26,27,32). The van der Waals surface area contributed by atoms with E-state index in [0.717, 1.165) is 35.7 Å². The number of nitrogens with zero attached hydrogens (tertiary/aromatic N) is 4. The lowest BCUT2D eigenvalue weighted by molar-refractivity contribution is 0.0222. The molecule has 3 heterocycles. The van der Waals surface area contributed by atoms with E-state index in [-0.39, 0.29) is 12.1 Å². The van der Waals surface area contributed by atoms with Crippen molar-refractivity contribution in [3.8, 4) is 11.4 Å². The van der Waals surface area contributed by atoms with Crippen molar-refractivity contribution in [3.05, 3.63) is 35.5 Å². The molecule has 0 unspecified atom stereocenters. The van der Waals surface area contributed by atoms with Gasteiger partial charge >= 0.3 is 12.1 Å². The number of benzene rings is 1. The minimum atomic E-state index is -0.553. The smallest absolute Gasteiger partial charge is 0.410 e. The highest BCUT2D eigenvalue weighted by atomic mass is 16.6. The number of rotatable bonds is 4. The van der Waals surface area contributed by atoms with Crippen molar-refractivity contribution >= 4 is 23.6 Å². The molecule has 1 aromatic heterocycles. The summed E-state index contributed by atoms with van der Waals surface area (Å²) < 4.78 is 11.1. The normalized spacial score (nSPS) is 15.9. The predicted octanol–water partition coefficient (Wildman–Crippen LogP) is 3.41. The Hall–Kier alpha value is -3.40. The Morgan fingerprint density at radius 1 is 1.09 bits per heavy atom. The molecule has 1 fully saturated rings. The van der Waals surface area contributed by atoms with Crippen LogP contribution in [0.3, 0.4) is 0 Å². The van der Waals surface area contributed by atoms with E-state index in [0.29, 0.717) is 50.8 Å². The highest BCUT2D eigenvalue weighted by Gasteiger charge is 2.30. The van der Waals surface area contributed by atoms with Crippen LogP contribution in [0.25, 0.3) is 11.4 Å². The van der Waals surface area contributed by atoms with Crippen LogP contribution in [0.4, 0.5) is 21.1 Å². The van der Waals surface area contributed by atoms with Gasteiger partial charge in [-0.05, 0) is 52.0 Å². The summed E-state index contributed by atoms with van der Waals surface area (Å²) >= 11 is 0. The maximum absolute atomic E-state index is 12.7. The number of ether oxygens (including phenoxy) is 2. The van der Waals surface area contributed by atoms with Crippen molar-refractivity contribution in [1.29, 1.82) is 0 Å². The minimum Gasteiger partial charge on any atom is -0.444 e. The third-order valence-corrected chi connectivity index (χ3v) is 5.74. The van der Waals surface area contributed by atoms with E-state index in [1.807, 2.05) is 52.0 Å². The van der Waals surface area contributed by atoms with Crippen LogP contribution in [-0.2, 0) is 22.4 Å². The Morgan fingerprint density at radius 3 is 2.46 bits per heavy atom. The number of anilines is 2. The SMILES string of the molecule is CCNC(=O)Nc1ccc(-c2nc3c(c(N4CCOCC4)n2)CN(C(=O)OC(C)(C)C)CC3)cc1. The fourth-order valence-electron chi connectivity index (χ4n) is 4.08. The van der Waals surface area contributed by atoms with Gasteiger partial charge in [-0.25, -0.2) is 19.6 Å². The molecule has 188 valence electrons. The molecule has 0 spiro atoms. The zero-order valence-corrected chi connectivity index (χ0v) is 20.9. The first-order valence-corrected chi connectivity index (χ1v) is 12.1. The predicted molar refractivity (Wildman–Crippen MR) is 134 cm³/mol. The molecule has 10 nitrogen and oxygen atoms in total. The van der Waals surface area contributed by atoms with Gasteiger partial charge in [-0.2, -0.15) is 0 Å². The topological polar surface area (TPSA) is 109 Å². The molecule has 2 aromatic rings. The number of urea groups is 1. The first-order valence-electron chi connectivity index (χ1n) is 12.1. The number of nitrogens with one attached hydrogen (secondary N) is 2. The molecule has 1 saturated heterocycles. The number of aromatic nitrogens is 2. The van der Waals surface area contributed by atoms with Crippen molar-refractivity contribution < 1.29 is 19.1 Å². The van der Waals surface area contributed by atoms with Gasteiger partial charge in [0.15, 0.2) is 5.82 Å². The summed E-state index contributed by atoms with van der Waals surface area (Å²) in [5.74, 6) is 1.46. The molecular formula is C25H34N6O4. The van der Waals surface area contributed by atoms with Crippen molar-refractivity contribution in [2.24, 2.45) is 0 Å². The van der Waals surface area contributed by atoms with E-state index < -0.39 is 5.60 Å². The van der Waals surface area contributed by atoms with Crippen LogP contribution in [0, 0.1) is 0 Å². The minimum absolute atomic E-state index is 0.241. The highest BCUT2D eigenvalue weighted by Crippen LogP contribution is 2.31. The molecule has 2 N–H and O–H groups in total. The maximum Gasteiger partial charge on any atom is 0.410 e. The molecule has 2 aliphatic heterocycles. The third kappa shape index (κ3) is 6.19. The van der Waals surface area contributed by atoms with Crippen LogP contribution in [0.2, 0.25) is 0 Å². The van der Waals surface area contributed by atoms with Gasteiger partial charge < -0.3 is 29.9 Å². The van der Waals surface area contributed by atoms with Crippen molar-refractivity contribution in [2.45, 2.75) is 46.3 Å². The Balaban J connectivity index is 1.62. The van der Waals surface area contributed by atoms with Gasteiger partial charge in [-0.3, -0.25) is 0 Å². The van der Waals surface area contributed by atoms with Crippen LogP contribution in [0.15, 0.2) is 24.3 Å². The van der Waals surface area contributed by atoms with Crippen molar-refractivity contribution in [1.82, 2.24) is 20.2 Å². The summed E-state index contributed by atoms with van der Waals surface area (Å²) in [6.07, 6.45) is 0.300. The number of hydrogen-bond donors (Lipinski definition) is 2. The monoisotopic (exact) mass is 482 g/mol. The fraction of sp³-hybridized carbons (Fsp3) is 0.520. The molecule has 2 aliphatic rings. The zero-order chi connectivity index (χ0) is 25.0. The summed E-state index contributed by atoms with van der Waals surface area (Å²) in [6.45, 7) is 11.7. The number of carbonyl (C=O) groups excluding carboxylic acids is 2. The van der Waals surface area contributed by atoms with Gasteiger partial charge in [-0.15, -0.1) is 0 Å². The molecule has 0 saturated carbocycles. The van der Waals surface area contributed by atoms with Gasteiger partial charge in [0.2, 0.25) is 0 Å². The van der Waals surface area contributed by atoms with Crippen LogP contribution < -0.4 is 15.5 Å². The number of fused-ring (bicyclic) bond motifs is 1. The van der Waals surface area contributed by atoms with E-state index in [1.54, 1.807) is 4.90 Å². The molecule has 1 aromatic carbocycles. The quantitative estimate of drug-likeness (QED) is 0.687. The Labute approximate surface area is 206 Å². The lowest BCUT2D eigenvalue weighted by atomic mass is 10.0. The molecule has 0 aliphatic carbocycles. The number of carbonyl (C=O) groups is 2. The van der Waals surface area contributed by atoms with Crippen LogP contribution in [0.5, 0.6) is 0 Å². The second-order valence-electron chi connectivity index (χ2n) is 9.61. The molecule has 0 atom stereocenters. The average molecular weight is 483 g/mol. The second kappa shape index (κ2) is 10.5. The van der Waals surface area contributed by atoms with E-state index in [1.165, 1.54) is 0 Å². The average Bonchev–Trinajstić information content (AvgIpc) is 2.83. The third-order valence-electron chi connectivity index (χ3n) is 5.74. The lowest BCUT2D eigenvalue weighted by Gasteiger charge is -2.35. The van der Waals surface area contributed by atoms with E-state index >= 15 is 0 Å². The van der Waals surface area contributed by atoms with E-state index in [2.05, 4.69) is 15.5 Å². The molecule has 0 bridgehead atoms. The van der Waals surface area contributed by atoms with E-state index in [4.69, 9.17) is 19.4 Å². The molecule has 4 rings (SSSR count). The molecular weight excluding hydrogens is 448 g/mol. The Morgan fingerprint density at radius 2 is 1.80 bits per heavy atom. The Bertz CT molecular complexity index is 1060. The second-order valence-corrected chi connectivity index (χ2v) is 9.61. The van der Waals surface area contributed by atoms with Gasteiger partial charge in [-0.1, -0.05) is 0 Å². The van der Waals surface area contributed by atoms with Gasteiger partial charge in [0, 0.05) is 49.4 Å². The van der Waals surface area contributed by atoms with Crippen LogP contribution in [-0.4, -0.2) is 72.0 Å². The number of hydrogen-bond acceptors (Lipinski definition) is 7. The number of morpholine rings is 1. The van der Waals surface area contributed by atoms with Crippen LogP contribution in [0.1, 0.15) is 39.0 Å². The molecule has 0 radical (unpaired) electrons. The molecule has 35 heavy (non-hydrogen) atoms. The highest BCUT2D eigenvalue weighted by molar-refractivity contribution is 5.89. The lowest BCUT2D eigenvalue weighted by Crippen LogP contribution is -2.42. The fourth-order valence-corrected chi connectivity index (χ4v) is 4.08. The van der Waals surface area contributed by atoms with Crippen LogP contribution >= 0.6 is 0 Å². The van der Waals surface area contributed by atoms with E-state index in [9.17, 15) is 9.59 Å². The summed E-state index contributed by atoms with van der Waals surface area (Å²) in [5, 5.41) is 5.52. The first kappa shape index (κ1) is 24.7. The molecule has 10 heteroatoms. The Kier molecular flexibility index (Phi) is 7.39. The maximum atomic E-state index is 12.7. The first-order chi connectivity index (χ1) is 16.7. The largest absolute Gasteiger partial charge is 0.444 e. The number of amides is 3. The summed E-state index contributed by atoms with van der Waals surface area (Å²) in [7, 11) is 0. The summed E-state index contributed by atoms with van der Waals surface area (Å²) in [4.78, 5) is 38.3.